The van der Waals surface area contributed by atoms with Crippen LogP contribution >= 0.6 is 0 Å². The maximum absolute atomic E-state index is 12.9. The molecule has 0 unspecified atom stereocenters. The van der Waals surface area contributed by atoms with Crippen LogP contribution in [0.15, 0.2) is 47.4 Å². The molecule has 0 aliphatic heterocycles. The van der Waals surface area contributed by atoms with E-state index in [1.807, 2.05) is 0 Å². The zero-order valence-corrected chi connectivity index (χ0v) is 12.3. The lowest BCUT2D eigenvalue weighted by Crippen LogP contribution is -2.13. The first kappa shape index (κ1) is 15.1. The molecule has 2 aromatic rings. The SMILES string of the molecule is COc1cc(NS(=O)(=O)c2ccc(F)cc2)cc(OC)c1. The fourth-order valence-electron chi connectivity index (χ4n) is 1.69. The van der Waals surface area contributed by atoms with Crippen LogP contribution in [-0.4, -0.2) is 22.6 Å². The van der Waals surface area contributed by atoms with Crippen molar-refractivity contribution >= 4 is 15.7 Å². The Bertz CT molecular complexity index is 707. The highest BCUT2D eigenvalue weighted by Crippen LogP contribution is 2.27. The highest BCUT2D eigenvalue weighted by Gasteiger charge is 2.15. The van der Waals surface area contributed by atoms with Gasteiger partial charge in [-0.15, -0.1) is 0 Å². The van der Waals surface area contributed by atoms with Gasteiger partial charge in [0.1, 0.15) is 17.3 Å². The Labute approximate surface area is 122 Å². The average Bonchev–Trinajstić information content (AvgIpc) is 2.46. The lowest BCUT2D eigenvalue weighted by molar-refractivity contribution is 0.395. The van der Waals surface area contributed by atoms with Crippen molar-refractivity contribution in [3.63, 3.8) is 0 Å². The van der Waals surface area contributed by atoms with Crippen molar-refractivity contribution in [1.29, 1.82) is 0 Å². The van der Waals surface area contributed by atoms with Crippen molar-refractivity contribution in [2.45, 2.75) is 4.90 Å². The summed E-state index contributed by atoms with van der Waals surface area (Å²) in [5, 5.41) is 0. The predicted octanol–water partition coefficient (Wildman–Crippen LogP) is 2.64. The number of rotatable bonds is 5. The molecule has 0 radical (unpaired) electrons. The smallest absolute Gasteiger partial charge is 0.261 e. The summed E-state index contributed by atoms with van der Waals surface area (Å²) in [6, 6.07) is 9.20. The molecule has 112 valence electrons. The van der Waals surface area contributed by atoms with Gasteiger partial charge in [-0.1, -0.05) is 0 Å². The second-order valence-electron chi connectivity index (χ2n) is 4.16. The van der Waals surface area contributed by atoms with Gasteiger partial charge in [0.2, 0.25) is 0 Å². The molecule has 0 atom stereocenters. The number of anilines is 1. The maximum Gasteiger partial charge on any atom is 0.261 e. The summed E-state index contributed by atoms with van der Waals surface area (Å²) in [5.41, 5.74) is 0.288. The summed E-state index contributed by atoms with van der Waals surface area (Å²) in [6.45, 7) is 0. The molecule has 2 aromatic carbocycles. The summed E-state index contributed by atoms with van der Waals surface area (Å²) in [4.78, 5) is -0.0364. The van der Waals surface area contributed by atoms with Crippen molar-refractivity contribution in [2.24, 2.45) is 0 Å². The Balaban J connectivity index is 2.34. The Hall–Kier alpha value is -2.28. The molecule has 7 heteroatoms. The predicted molar refractivity (Wildman–Crippen MR) is 76.8 cm³/mol. The van der Waals surface area contributed by atoms with Crippen LogP contribution < -0.4 is 14.2 Å². The van der Waals surface area contributed by atoms with E-state index in [0.717, 1.165) is 12.1 Å². The lowest BCUT2D eigenvalue weighted by atomic mass is 10.3. The zero-order valence-electron chi connectivity index (χ0n) is 11.5. The molecule has 0 saturated carbocycles. The number of halogens is 1. The van der Waals surface area contributed by atoms with E-state index in [-0.39, 0.29) is 10.6 Å². The lowest BCUT2D eigenvalue weighted by Gasteiger charge is -2.11. The van der Waals surface area contributed by atoms with Crippen molar-refractivity contribution in [2.75, 3.05) is 18.9 Å². The molecule has 1 N–H and O–H groups in total. The van der Waals surface area contributed by atoms with Crippen LogP contribution in [0.1, 0.15) is 0 Å². The van der Waals surface area contributed by atoms with Gasteiger partial charge in [0.25, 0.3) is 10.0 Å². The second-order valence-corrected chi connectivity index (χ2v) is 5.84. The van der Waals surface area contributed by atoms with Crippen molar-refractivity contribution < 1.29 is 22.3 Å². The minimum Gasteiger partial charge on any atom is -0.497 e. The molecule has 5 nitrogen and oxygen atoms in total. The first-order valence-electron chi connectivity index (χ1n) is 5.96. The Morgan fingerprint density at radius 3 is 1.95 bits per heavy atom. The molecule has 0 saturated heterocycles. The van der Waals surface area contributed by atoms with Crippen LogP contribution in [0.25, 0.3) is 0 Å². The van der Waals surface area contributed by atoms with Crippen LogP contribution in [0.5, 0.6) is 11.5 Å². The molecule has 0 amide bonds. The third-order valence-electron chi connectivity index (χ3n) is 2.73. The molecule has 0 spiro atoms. The van der Waals surface area contributed by atoms with Gasteiger partial charge >= 0.3 is 0 Å². The van der Waals surface area contributed by atoms with Gasteiger partial charge in [-0.25, -0.2) is 12.8 Å². The number of hydrogen-bond donors (Lipinski definition) is 1. The molecule has 0 bridgehead atoms. The first-order valence-corrected chi connectivity index (χ1v) is 7.44. The van der Waals surface area contributed by atoms with E-state index in [2.05, 4.69) is 4.72 Å². The third kappa shape index (κ3) is 3.63. The minimum atomic E-state index is -3.81. The van der Waals surface area contributed by atoms with Gasteiger partial charge < -0.3 is 9.47 Å². The summed E-state index contributed by atoms with van der Waals surface area (Å²) < 4.78 is 49.8. The minimum absolute atomic E-state index is 0.0364. The molecule has 21 heavy (non-hydrogen) atoms. The molecule has 2 rings (SSSR count). The fraction of sp³-hybridized carbons (Fsp3) is 0.143. The largest absolute Gasteiger partial charge is 0.497 e. The average molecular weight is 311 g/mol. The monoisotopic (exact) mass is 311 g/mol. The Morgan fingerprint density at radius 1 is 0.952 bits per heavy atom. The van der Waals surface area contributed by atoms with Crippen LogP contribution in [0, 0.1) is 5.82 Å². The fourth-order valence-corrected chi connectivity index (χ4v) is 2.73. The van der Waals surface area contributed by atoms with Crippen LogP contribution in [0.4, 0.5) is 10.1 Å². The highest BCUT2D eigenvalue weighted by atomic mass is 32.2. The number of benzene rings is 2. The number of sulfonamides is 1. The van der Waals surface area contributed by atoms with Crippen LogP contribution in [-0.2, 0) is 10.0 Å². The van der Waals surface area contributed by atoms with E-state index in [9.17, 15) is 12.8 Å². The van der Waals surface area contributed by atoms with E-state index in [0.29, 0.717) is 11.5 Å². The van der Waals surface area contributed by atoms with Gasteiger partial charge in [0.05, 0.1) is 24.8 Å². The summed E-state index contributed by atoms with van der Waals surface area (Å²) >= 11 is 0. The van der Waals surface area contributed by atoms with E-state index >= 15 is 0 Å². The summed E-state index contributed by atoms with van der Waals surface area (Å²) in [5.74, 6) is 0.398. The molecular weight excluding hydrogens is 297 g/mol. The standard InChI is InChI=1S/C14H14FNO4S/c1-19-12-7-11(8-13(9-12)20-2)16-21(17,18)14-5-3-10(15)4-6-14/h3-9,16H,1-2H3. The molecule has 0 fully saturated rings. The first-order chi connectivity index (χ1) is 9.94. The second kappa shape index (κ2) is 6.01. The highest BCUT2D eigenvalue weighted by molar-refractivity contribution is 7.92. The van der Waals surface area contributed by atoms with E-state index in [1.54, 1.807) is 6.07 Å². The Morgan fingerprint density at radius 2 is 1.48 bits per heavy atom. The van der Waals surface area contributed by atoms with Gasteiger partial charge in [-0.05, 0) is 24.3 Å². The molecular formula is C14H14FNO4S. The summed E-state index contributed by atoms with van der Waals surface area (Å²) in [7, 11) is -0.877. The van der Waals surface area contributed by atoms with Crippen molar-refractivity contribution in [3.05, 3.63) is 48.3 Å². The quantitative estimate of drug-likeness (QED) is 0.922. The molecule has 0 heterocycles. The van der Waals surface area contributed by atoms with E-state index < -0.39 is 15.8 Å². The van der Waals surface area contributed by atoms with Gasteiger partial charge in [-0.2, -0.15) is 0 Å². The zero-order chi connectivity index (χ0) is 15.5. The molecule has 0 aliphatic rings. The Kier molecular flexibility index (Phi) is 4.32. The van der Waals surface area contributed by atoms with Crippen LogP contribution in [0.3, 0.4) is 0 Å². The molecule has 0 aromatic heterocycles. The number of hydrogen-bond acceptors (Lipinski definition) is 4. The normalized spacial score (nSPS) is 11.0. The van der Waals surface area contributed by atoms with Crippen LogP contribution in [0.2, 0.25) is 0 Å². The van der Waals surface area contributed by atoms with E-state index in [4.69, 9.17) is 9.47 Å². The molecule has 0 aliphatic carbocycles. The van der Waals surface area contributed by atoms with Crippen molar-refractivity contribution in [3.8, 4) is 11.5 Å². The van der Waals surface area contributed by atoms with E-state index in [1.165, 1.54) is 38.5 Å². The van der Waals surface area contributed by atoms with Gasteiger partial charge in [0, 0.05) is 18.2 Å². The number of methoxy groups -OCH3 is 2. The third-order valence-corrected chi connectivity index (χ3v) is 4.12. The number of ether oxygens (including phenoxy) is 2. The maximum atomic E-state index is 12.9. The summed E-state index contributed by atoms with van der Waals surface area (Å²) in [6.07, 6.45) is 0. The topological polar surface area (TPSA) is 64.6 Å². The van der Waals surface area contributed by atoms with Gasteiger partial charge in [-0.3, -0.25) is 4.72 Å². The van der Waals surface area contributed by atoms with Gasteiger partial charge in [0.15, 0.2) is 0 Å². The number of nitrogens with one attached hydrogen (secondary N) is 1. The van der Waals surface area contributed by atoms with Crippen molar-refractivity contribution in [1.82, 2.24) is 0 Å².